The number of ketones is 1. The largest absolute Gasteiger partial charge is 0.478 e. The predicted octanol–water partition coefficient (Wildman–Crippen LogP) is 4.06. The number of carboxylic acids is 1. The van der Waals surface area contributed by atoms with Gasteiger partial charge in [0.2, 0.25) is 0 Å². The van der Waals surface area contributed by atoms with Crippen molar-refractivity contribution >= 4 is 44.3 Å². The lowest BCUT2D eigenvalue weighted by Gasteiger charge is -2.02. The molecule has 7 heteroatoms. The van der Waals surface area contributed by atoms with Crippen molar-refractivity contribution in [1.29, 1.82) is 0 Å². The van der Waals surface area contributed by atoms with E-state index in [1.165, 1.54) is 30.5 Å². The minimum absolute atomic E-state index is 0.0742. The van der Waals surface area contributed by atoms with Crippen LogP contribution in [0.15, 0.2) is 74.5 Å². The second-order valence-corrected chi connectivity index (χ2v) is 6.27. The third-order valence-corrected chi connectivity index (χ3v) is 4.07. The van der Waals surface area contributed by atoms with Gasteiger partial charge in [0.25, 0.3) is 0 Å². The molecule has 0 radical (unpaired) electrons. The molecule has 6 nitrogen and oxygen atoms in total. The van der Waals surface area contributed by atoms with E-state index in [4.69, 9.17) is 9.52 Å². The van der Waals surface area contributed by atoms with E-state index in [1.807, 2.05) is 0 Å². The predicted molar refractivity (Wildman–Crippen MR) is 101 cm³/mol. The van der Waals surface area contributed by atoms with Gasteiger partial charge in [-0.1, -0.05) is 15.9 Å². The number of nitrogens with one attached hydrogen (secondary N) is 1. The second kappa shape index (κ2) is 7.37. The summed E-state index contributed by atoms with van der Waals surface area (Å²) < 4.78 is 5.97. The maximum Gasteiger partial charge on any atom is 0.347 e. The standard InChI is InChI=1S/C19H12BrNO5/c20-13-3-6-17-12(9-13)10-15(19(25)26-17)16(22)7-8-21-14-4-1-11(2-5-14)18(23)24/h1-10,21H,(H,23,24)/b8-7+. The molecule has 3 aromatic rings. The highest BCUT2D eigenvalue weighted by molar-refractivity contribution is 9.10. The molecule has 130 valence electrons. The molecule has 0 bridgehead atoms. The Morgan fingerprint density at radius 1 is 1.08 bits per heavy atom. The second-order valence-electron chi connectivity index (χ2n) is 5.35. The van der Waals surface area contributed by atoms with E-state index < -0.39 is 17.4 Å². The molecule has 0 aliphatic carbocycles. The fraction of sp³-hybridized carbons (Fsp3) is 0. The van der Waals surface area contributed by atoms with Crippen molar-refractivity contribution in [2.75, 3.05) is 5.32 Å². The van der Waals surface area contributed by atoms with E-state index in [0.29, 0.717) is 16.7 Å². The lowest BCUT2D eigenvalue weighted by atomic mass is 10.1. The molecule has 0 fully saturated rings. The van der Waals surface area contributed by atoms with Crippen molar-refractivity contribution < 1.29 is 19.1 Å². The van der Waals surface area contributed by atoms with Crippen molar-refractivity contribution in [2.24, 2.45) is 0 Å². The summed E-state index contributed by atoms with van der Waals surface area (Å²) in [4.78, 5) is 35.0. The van der Waals surface area contributed by atoms with Crippen molar-refractivity contribution in [1.82, 2.24) is 0 Å². The van der Waals surface area contributed by atoms with Gasteiger partial charge in [0.15, 0.2) is 5.78 Å². The third kappa shape index (κ3) is 3.89. The van der Waals surface area contributed by atoms with Gasteiger partial charge < -0.3 is 14.8 Å². The van der Waals surface area contributed by atoms with Crippen LogP contribution in [0.1, 0.15) is 20.7 Å². The van der Waals surface area contributed by atoms with Gasteiger partial charge >= 0.3 is 11.6 Å². The average Bonchev–Trinajstić information content (AvgIpc) is 2.61. The van der Waals surface area contributed by atoms with Crippen LogP contribution in [-0.4, -0.2) is 16.9 Å². The van der Waals surface area contributed by atoms with Crippen molar-refractivity contribution in [3.63, 3.8) is 0 Å². The summed E-state index contributed by atoms with van der Waals surface area (Å²) in [5.74, 6) is -1.52. The van der Waals surface area contributed by atoms with Gasteiger partial charge in [0, 0.05) is 27.8 Å². The lowest BCUT2D eigenvalue weighted by molar-refractivity contribution is 0.0696. The van der Waals surface area contributed by atoms with Crippen LogP contribution in [0.2, 0.25) is 0 Å². The van der Waals surface area contributed by atoms with Gasteiger partial charge in [-0.15, -0.1) is 0 Å². The first-order chi connectivity index (χ1) is 12.4. The van der Waals surface area contributed by atoms with Crippen molar-refractivity contribution in [2.45, 2.75) is 0 Å². The van der Waals surface area contributed by atoms with Crippen LogP contribution in [-0.2, 0) is 0 Å². The number of carboxylic acid groups (broad SMARTS) is 1. The fourth-order valence-corrected chi connectivity index (χ4v) is 2.66. The Kier molecular flexibility index (Phi) is 4.99. The van der Waals surface area contributed by atoms with Gasteiger partial charge in [0.1, 0.15) is 11.1 Å². The average molecular weight is 414 g/mol. The Morgan fingerprint density at radius 2 is 1.81 bits per heavy atom. The normalized spacial score (nSPS) is 11.0. The Bertz CT molecular complexity index is 1080. The van der Waals surface area contributed by atoms with E-state index >= 15 is 0 Å². The van der Waals surface area contributed by atoms with Gasteiger partial charge in [-0.25, -0.2) is 9.59 Å². The topological polar surface area (TPSA) is 96.6 Å². The van der Waals surface area contributed by atoms with E-state index in [2.05, 4.69) is 21.2 Å². The van der Waals surface area contributed by atoms with Gasteiger partial charge in [0.05, 0.1) is 5.56 Å². The third-order valence-electron chi connectivity index (χ3n) is 3.58. The number of anilines is 1. The number of hydrogen-bond donors (Lipinski definition) is 2. The van der Waals surface area contributed by atoms with Crippen LogP contribution < -0.4 is 10.9 Å². The summed E-state index contributed by atoms with van der Waals surface area (Å²) in [5.41, 5.74) is 0.384. The number of halogens is 1. The maximum absolute atomic E-state index is 12.3. The van der Waals surface area contributed by atoms with Gasteiger partial charge in [-0.05, 0) is 48.5 Å². The Hall–Kier alpha value is -3.19. The first-order valence-electron chi connectivity index (χ1n) is 7.48. The lowest BCUT2D eigenvalue weighted by Crippen LogP contribution is -2.12. The zero-order chi connectivity index (χ0) is 18.7. The van der Waals surface area contributed by atoms with Crippen LogP contribution in [0.5, 0.6) is 0 Å². The molecule has 0 saturated carbocycles. The molecule has 0 saturated heterocycles. The minimum atomic E-state index is -1.02. The van der Waals surface area contributed by atoms with Crippen molar-refractivity contribution in [3.05, 3.63) is 86.8 Å². The van der Waals surface area contributed by atoms with Crippen LogP contribution in [0, 0.1) is 0 Å². The zero-order valence-electron chi connectivity index (χ0n) is 13.2. The minimum Gasteiger partial charge on any atom is -0.478 e. The SMILES string of the molecule is O=C(O)c1ccc(N/C=C/C(=O)c2cc3cc(Br)ccc3oc2=O)cc1. The summed E-state index contributed by atoms with van der Waals surface area (Å²) in [6, 6.07) is 12.6. The molecule has 3 rings (SSSR count). The number of allylic oxidation sites excluding steroid dienone is 1. The van der Waals surface area contributed by atoms with E-state index in [0.717, 1.165) is 4.47 Å². The summed E-state index contributed by atoms with van der Waals surface area (Å²) in [6.07, 6.45) is 2.59. The van der Waals surface area contributed by atoms with Crippen LogP contribution in [0.3, 0.4) is 0 Å². The Balaban J connectivity index is 1.78. The first kappa shape index (κ1) is 17.6. The van der Waals surface area contributed by atoms with Gasteiger partial charge in [-0.3, -0.25) is 4.79 Å². The molecule has 0 unspecified atom stereocenters. The Morgan fingerprint density at radius 3 is 2.50 bits per heavy atom. The number of fused-ring (bicyclic) bond motifs is 1. The number of carbonyl (C=O) groups excluding carboxylic acids is 1. The number of rotatable bonds is 5. The van der Waals surface area contributed by atoms with E-state index in [9.17, 15) is 14.4 Å². The molecular formula is C19H12BrNO5. The molecule has 2 N–H and O–H groups in total. The molecule has 0 amide bonds. The molecule has 26 heavy (non-hydrogen) atoms. The summed E-state index contributed by atoms with van der Waals surface area (Å²) in [5, 5.41) is 12.3. The highest BCUT2D eigenvalue weighted by Crippen LogP contribution is 2.19. The van der Waals surface area contributed by atoms with Crippen LogP contribution in [0.25, 0.3) is 11.0 Å². The van der Waals surface area contributed by atoms with Crippen molar-refractivity contribution in [3.8, 4) is 0 Å². The molecule has 0 spiro atoms. The quantitative estimate of drug-likeness (QED) is 0.371. The zero-order valence-corrected chi connectivity index (χ0v) is 14.8. The highest BCUT2D eigenvalue weighted by Gasteiger charge is 2.11. The first-order valence-corrected chi connectivity index (χ1v) is 8.27. The molecule has 1 heterocycles. The fourth-order valence-electron chi connectivity index (χ4n) is 2.28. The number of hydrogen-bond acceptors (Lipinski definition) is 5. The molecule has 0 aliphatic heterocycles. The number of carbonyl (C=O) groups is 2. The van der Waals surface area contributed by atoms with E-state index in [1.54, 1.807) is 30.3 Å². The maximum atomic E-state index is 12.3. The summed E-state index contributed by atoms with van der Waals surface area (Å²) in [6.45, 7) is 0. The molecule has 1 aromatic heterocycles. The monoisotopic (exact) mass is 413 g/mol. The van der Waals surface area contributed by atoms with Crippen LogP contribution >= 0.6 is 15.9 Å². The van der Waals surface area contributed by atoms with Gasteiger partial charge in [-0.2, -0.15) is 0 Å². The number of aromatic carboxylic acids is 1. The molecule has 2 aromatic carbocycles. The smallest absolute Gasteiger partial charge is 0.347 e. The molecular weight excluding hydrogens is 402 g/mol. The Labute approximate surface area is 155 Å². The highest BCUT2D eigenvalue weighted by atomic mass is 79.9. The van der Waals surface area contributed by atoms with E-state index in [-0.39, 0.29) is 11.1 Å². The van der Waals surface area contributed by atoms with Crippen LogP contribution in [0.4, 0.5) is 5.69 Å². The number of benzene rings is 2. The summed E-state index contributed by atoms with van der Waals surface area (Å²) in [7, 11) is 0. The summed E-state index contributed by atoms with van der Waals surface area (Å²) >= 11 is 3.33. The molecule has 0 aliphatic rings. The molecule has 0 atom stereocenters.